The minimum atomic E-state index is -1.62. The lowest BCUT2D eigenvalue weighted by molar-refractivity contribution is -0.129. The fourth-order valence-electron chi connectivity index (χ4n) is 6.07. The first-order valence-electron chi connectivity index (χ1n) is 11.4. The summed E-state index contributed by atoms with van der Waals surface area (Å²) >= 11 is 0. The van der Waals surface area contributed by atoms with Gasteiger partial charge in [0.05, 0.1) is 5.60 Å². The van der Waals surface area contributed by atoms with Crippen molar-refractivity contribution in [2.24, 2.45) is 23.2 Å². The maximum Gasteiger partial charge on any atom is 0.184 e. The molecule has 0 N–H and O–H groups in total. The molecule has 3 rings (SSSR count). The van der Waals surface area contributed by atoms with Crippen molar-refractivity contribution in [2.45, 2.75) is 85.0 Å². The van der Waals surface area contributed by atoms with Crippen LogP contribution in [0.2, 0.25) is 19.6 Å². The summed E-state index contributed by atoms with van der Waals surface area (Å²) in [5.74, 6) is 1.93. The summed E-state index contributed by atoms with van der Waals surface area (Å²) in [6.45, 7) is 15.8. The first-order valence-corrected chi connectivity index (χ1v) is 14.8. The fourth-order valence-corrected chi connectivity index (χ4v) is 7.72. The molecule has 160 valence electrons. The summed E-state index contributed by atoms with van der Waals surface area (Å²) in [5.41, 5.74) is 2.41. The van der Waals surface area contributed by atoms with Crippen molar-refractivity contribution in [2.75, 3.05) is 0 Å². The van der Waals surface area contributed by atoms with E-state index < -0.39 is 8.32 Å². The lowest BCUT2D eigenvalue weighted by atomic mass is 9.62. The second kappa shape index (κ2) is 8.15. The standard InChI is InChI=1S/C26H40O2Si/c1-19(22-15-16-23-24(27)12-9-17-26(22,23)4)13-14-20-10-8-11-21(18-20)25(2,3)28-29(5,6)7/h8,10-11,13-14,18-19,22-23H,9,12,15-17H2,1-7H3/t19-,22-,23+,26-/m1/s1. The third kappa shape index (κ3) is 4.94. The van der Waals surface area contributed by atoms with E-state index >= 15 is 0 Å². The summed E-state index contributed by atoms with van der Waals surface area (Å²) in [5, 5.41) is 0. The van der Waals surface area contributed by atoms with Gasteiger partial charge in [0.2, 0.25) is 0 Å². The monoisotopic (exact) mass is 412 g/mol. The Balaban J connectivity index is 1.74. The molecule has 0 radical (unpaired) electrons. The number of rotatable bonds is 6. The number of fused-ring (bicyclic) bond motifs is 1. The van der Waals surface area contributed by atoms with E-state index in [9.17, 15) is 4.79 Å². The van der Waals surface area contributed by atoms with Crippen LogP contribution >= 0.6 is 0 Å². The smallest absolute Gasteiger partial charge is 0.184 e. The molecule has 2 aliphatic rings. The van der Waals surface area contributed by atoms with Gasteiger partial charge in [-0.3, -0.25) is 4.79 Å². The van der Waals surface area contributed by atoms with Crippen LogP contribution in [-0.2, 0) is 14.8 Å². The normalized spacial score (nSPS) is 29.3. The van der Waals surface area contributed by atoms with Crippen LogP contribution in [0, 0.1) is 23.2 Å². The Bertz CT molecular complexity index is 773. The first-order chi connectivity index (χ1) is 13.4. The zero-order chi connectivity index (χ0) is 21.4. The van der Waals surface area contributed by atoms with E-state index in [0.29, 0.717) is 23.5 Å². The van der Waals surface area contributed by atoms with Crippen LogP contribution in [0.25, 0.3) is 6.08 Å². The molecule has 0 aromatic heterocycles. The van der Waals surface area contributed by atoms with Gasteiger partial charge in [-0.15, -0.1) is 0 Å². The number of carbonyl (C=O) groups is 1. The second-order valence-electron chi connectivity index (χ2n) is 11.1. The van der Waals surface area contributed by atoms with Crippen LogP contribution in [0.4, 0.5) is 0 Å². The summed E-state index contributed by atoms with van der Waals surface area (Å²) in [6.07, 6.45) is 10.0. The molecule has 0 unspecified atom stereocenters. The molecule has 1 aromatic carbocycles. The average molecular weight is 413 g/mol. The van der Waals surface area contributed by atoms with Crippen LogP contribution < -0.4 is 0 Å². The molecule has 0 heterocycles. The van der Waals surface area contributed by atoms with Gasteiger partial charge in [0.15, 0.2) is 8.32 Å². The summed E-state index contributed by atoms with van der Waals surface area (Å²) in [4.78, 5) is 12.4. The molecular weight excluding hydrogens is 372 g/mol. The Morgan fingerprint density at radius 1 is 1.24 bits per heavy atom. The van der Waals surface area contributed by atoms with Crippen LogP contribution in [0.1, 0.15) is 70.9 Å². The lowest BCUT2D eigenvalue weighted by Gasteiger charge is -2.41. The van der Waals surface area contributed by atoms with Gasteiger partial charge >= 0.3 is 0 Å². The van der Waals surface area contributed by atoms with E-state index in [1.165, 1.54) is 24.0 Å². The van der Waals surface area contributed by atoms with Gasteiger partial charge < -0.3 is 4.43 Å². The van der Waals surface area contributed by atoms with E-state index in [1.807, 2.05) is 0 Å². The zero-order valence-electron chi connectivity index (χ0n) is 19.5. The highest BCUT2D eigenvalue weighted by atomic mass is 28.4. The minimum Gasteiger partial charge on any atom is -0.409 e. The molecule has 0 aliphatic heterocycles. The Kier molecular flexibility index (Phi) is 6.32. The van der Waals surface area contributed by atoms with Gasteiger partial charge in [0.25, 0.3) is 0 Å². The molecule has 2 nitrogen and oxygen atoms in total. The van der Waals surface area contributed by atoms with Gasteiger partial charge in [-0.25, -0.2) is 0 Å². The average Bonchev–Trinajstić information content (AvgIpc) is 2.96. The fraction of sp³-hybridized carbons (Fsp3) is 0.654. The van der Waals surface area contributed by atoms with Crippen molar-refractivity contribution >= 4 is 20.2 Å². The maximum atomic E-state index is 12.4. The Labute approximate surface area is 179 Å². The topological polar surface area (TPSA) is 26.3 Å². The molecular formula is C26H40O2Si. The molecule has 2 fully saturated rings. The molecule has 1 aromatic rings. The molecule has 0 spiro atoms. The van der Waals surface area contributed by atoms with Gasteiger partial charge in [-0.1, -0.05) is 44.2 Å². The van der Waals surface area contributed by atoms with E-state index in [4.69, 9.17) is 4.43 Å². The highest BCUT2D eigenvalue weighted by Crippen LogP contribution is 2.56. The summed E-state index contributed by atoms with van der Waals surface area (Å²) in [7, 11) is -1.62. The highest BCUT2D eigenvalue weighted by molar-refractivity contribution is 6.69. The van der Waals surface area contributed by atoms with Crippen LogP contribution in [0.3, 0.4) is 0 Å². The third-order valence-corrected chi connectivity index (χ3v) is 8.43. The SMILES string of the molecule is C[C@H](C=Cc1cccc(C(C)(C)O[Si](C)(C)C)c1)[C@H]1CC[C@H]2C(=O)CCC[C@]12C. The molecule has 0 bridgehead atoms. The van der Waals surface area contributed by atoms with Crippen LogP contribution in [-0.4, -0.2) is 14.1 Å². The zero-order valence-corrected chi connectivity index (χ0v) is 20.5. The van der Waals surface area contributed by atoms with Crippen molar-refractivity contribution < 1.29 is 9.22 Å². The largest absolute Gasteiger partial charge is 0.409 e. The number of ketones is 1. The van der Waals surface area contributed by atoms with Crippen LogP contribution in [0.15, 0.2) is 30.3 Å². The number of hydrogen-bond acceptors (Lipinski definition) is 2. The summed E-state index contributed by atoms with van der Waals surface area (Å²) in [6, 6.07) is 8.77. The number of Topliss-reactive ketones (excluding diaryl/α,β-unsaturated/α-hetero) is 1. The Hall–Kier alpha value is -1.19. The Morgan fingerprint density at radius 3 is 2.66 bits per heavy atom. The molecule has 4 atom stereocenters. The molecule has 0 amide bonds. The van der Waals surface area contributed by atoms with Crippen molar-refractivity contribution in [1.29, 1.82) is 0 Å². The molecule has 29 heavy (non-hydrogen) atoms. The number of hydrogen-bond donors (Lipinski definition) is 0. The summed E-state index contributed by atoms with van der Waals surface area (Å²) < 4.78 is 6.44. The number of benzene rings is 1. The van der Waals surface area contributed by atoms with Gasteiger partial charge in [0.1, 0.15) is 5.78 Å². The highest BCUT2D eigenvalue weighted by Gasteiger charge is 2.51. The van der Waals surface area contributed by atoms with E-state index in [-0.39, 0.29) is 11.0 Å². The van der Waals surface area contributed by atoms with Crippen molar-refractivity contribution in [3.63, 3.8) is 0 Å². The van der Waals surface area contributed by atoms with E-state index in [1.54, 1.807) is 0 Å². The predicted molar refractivity (Wildman–Crippen MR) is 125 cm³/mol. The third-order valence-electron chi connectivity index (χ3n) is 7.31. The van der Waals surface area contributed by atoms with E-state index in [0.717, 1.165) is 19.3 Å². The Morgan fingerprint density at radius 2 is 1.97 bits per heavy atom. The van der Waals surface area contributed by atoms with Gasteiger partial charge in [-0.2, -0.15) is 0 Å². The first kappa shape index (κ1) is 22.5. The van der Waals surface area contributed by atoms with Crippen molar-refractivity contribution in [3.8, 4) is 0 Å². The number of carbonyl (C=O) groups excluding carboxylic acids is 1. The van der Waals surface area contributed by atoms with Crippen LogP contribution in [0.5, 0.6) is 0 Å². The number of allylic oxidation sites excluding steroid dienone is 1. The lowest BCUT2D eigenvalue weighted by Crippen LogP contribution is -2.39. The van der Waals surface area contributed by atoms with Crippen molar-refractivity contribution in [3.05, 3.63) is 41.5 Å². The quantitative estimate of drug-likeness (QED) is 0.461. The van der Waals surface area contributed by atoms with Crippen molar-refractivity contribution in [1.82, 2.24) is 0 Å². The van der Waals surface area contributed by atoms with Gasteiger partial charge in [-0.05, 0) is 93.6 Å². The maximum absolute atomic E-state index is 12.4. The molecule has 2 saturated carbocycles. The minimum absolute atomic E-state index is 0.202. The van der Waals surface area contributed by atoms with E-state index in [2.05, 4.69) is 83.8 Å². The molecule has 3 heteroatoms. The predicted octanol–water partition coefficient (Wildman–Crippen LogP) is 7.21. The molecule has 2 aliphatic carbocycles. The molecule has 0 saturated heterocycles. The van der Waals surface area contributed by atoms with Gasteiger partial charge in [0, 0.05) is 12.3 Å². The second-order valence-corrected chi connectivity index (χ2v) is 15.6.